The number of alkyl halides is 3. The Morgan fingerprint density at radius 2 is 1.74 bits per heavy atom. The van der Waals surface area contributed by atoms with Crippen molar-refractivity contribution in [2.24, 2.45) is 5.41 Å². The summed E-state index contributed by atoms with van der Waals surface area (Å²) < 4.78 is 55.2. The number of nitrogens with zero attached hydrogens (tertiary/aromatic N) is 1. The average Bonchev–Trinajstić information content (AvgIpc) is 2.74. The van der Waals surface area contributed by atoms with Crippen LogP contribution in [0.4, 0.5) is 17.6 Å². The van der Waals surface area contributed by atoms with Crippen LogP contribution < -0.4 is 5.32 Å². The van der Waals surface area contributed by atoms with Crippen molar-refractivity contribution in [2.75, 3.05) is 26.2 Å². The molecule has 3 nitrogen and oxygen atoms in total. The lowest BCUT2D eigenvalue weighted by atomic mass is 9.62. The molecule has 2 aromatic carbocycles. The summed E-state index contributed by atoms with van der Waals surface area (Å²) in [7, 11) is 0. The van der Waals surface area contributed by atoms with Gasteiger partial charge in [0.25, 0.3) is 0 Å². The van der Waals surface area contributed by atoms with Crippen molar-refractivity contribution >= 4 is 5.91 Å². The lowest BCUT2D eigenvalue weighted by molar-refractivity contribution is -0.173. The Bertz CT molecular complexity index is 907. The maximum Gasteiger partial charge on any atom is 0.404 e. The molecule has 1 amide bonds. The Morgan fingerprint density at radius 3 is 2.39 bits per heavy atom. The standard InChI is InChI=1S/C24H26F4N2O/c25-19-8-4-7-18(15-19)20-16-29-12-9-23(20)10-13-30(14-11-23)22(31)21(24(26,27)28)17-5-2-1-3-6-17/h1-8,15,20-21,29H,9-14,16H2/t20?,21-/m0/s1. The van der Waals surface area contributed by atoms with E-state index in [1.165, 1.54) is 35.2 Å². The van der Waals surface area contributed by atoms with Gasteiger partial charge in [0.15, 0.2) is 5.92 Å². The van der Waals surface area contributed by atoms with Crippen LogP contribution in [0.15, 0.2) is 54.6 Å². The lowest BCUT2D eigenvalue weighted by Crippen LogP contribution is -2.52. The minimum atomic E-state index is -4.65. The third kappa shape index (κ3) is 4.47. The second-order valence-electron chi connectivity index (χ2n) is 8.63. The van der Waals surface area contributed by atoms with Gasteiger partial charge in [0.05, 0.1) is 0 Å². The predicted molar refractivity (Wildman–Crippen MR) is 110 cm³/mol. The summed E-state index contributed by atoms with van der Waals surface area (Å²) in [4.78, 5) is 14.3. The molecular formula is C24H26F4N2O. The van der Waals surface area contributed by atoms with Crippen LogP contribution in [0.1, 0.15) is 42.2 Å². The van der Waals surface area contributed by atoms with Gasteiger partial charge < -0.3 is 10.2 Å². The van der Waals surface area contributed by atoms with Crippen molar-refractivity contribution in [3.8, 4) is 0 Å². The van der Waals surface area contributed by atoms with Gasteiger partial charge in [-0.3, -0.25) is 4.79 Å². The van der Waals surface area contributed by atoms with Crippen molar-refractivity contribution in [3.05, 3.63) is 71.5 Å². The molecule has 0 saturated carbocycles. The Labute approximate surface area is 179 Å². The summed E-state index contributed by atoms with van der Waals surface area (Å²) in [6.07, 6.45) is -2.56. The van der Waals surface area contributed by atoms with E-state index in [1.807, 2.05) is 6.07 Å². The SMILES string of the molecule is O=C([C@H](c1ccccc1)C(F)(F)F)N1CCC2(CCNCC2c2cccc(F)c2)CC1. The van der Waals surface area contributed by atoms with Crippen LogP contribution in [0.3, 0.4) is 0 Å². The minimum Gasteiger partial charge on any atom is -0.342 e. The predicted octanol–water partition coefficient (Wildman–Crippen LogP) is 4.86. The van der Waals surface area contributed by atoms with Crippen molar-refractivity contribution < 1.29 is 22.4 Å². The molecule has 166 valence electrons. The summed E-state index contributed by atoms with van der Waals surface area (Å²) in [5.74, 6) is -3.25. The van der Waals surface area contributed by atoms with E-state index in [-0.39, 0.29) is 35.8 Å². The van der Waals surface area contributed by atoms with Crippen LogP contribution in [0, 0.1) is 11.2 Å². The average molecular weight is 434 g/mol. The first kappa shape index (κ1) is 21.8. The molecule has 2 fully saturated rings. The second kappa shape index (κ2) is 8.61. The number of carbonyl (C=O) groups is 1. The molecule has 1 unspecified atom stereocenters. The fourth-order valence-corrected chi connectivity index (χ4v) is 5.24. The van der Waals surface area contributed by atoms with E-state index in [9.17, 15) is 22.4 Å². The number of piperidine rings is 2. The maximum atomic E-state index is 13.8. The van der Waals surface area contributed by atoms with E-state index in [4.69, 9.17) is 0 Å². The van der Waals surface area contributed by atoms with E-state index in [0.717, 1.165) is 18.5 Å². The minimum absolute atomic E-state index is 0.0280. The monoisotopic (exact) mass is 434 g/mol. The number of nitrogens with one attached hydrogen (secondary N) is 1. The molecule has 2 aromatic rings. The van der Waals surface area contributed by atoms with Gasteiger partial charge in [-0.15, -0.1) is 0 Å². The highest BCUT2D eigenvalue weighted by Gasteiger charge is 2.50. The zero-order valence-electron chi connectivity index (χ0n) is 17.2. The molecule has 1 N–H and O–H groups in total. The first-order chi connectivity index (χ1) is 14.8. The molecule has 2 heterocycles. The smallest absolute Gasteiger partial charge is 0.342 e. The summed E-state index contributed by atoms with van der Waals surface area (Å²) in [6, 6.07) is 13.9. The molecule has 31 heavy (non-hydrogen) atoms. The Hall–Kier alpha value is -2.41. The van der Waals surface area contributed by atoms with E-state index < -0.39 is 18.0 Å². The van der Waals surface area contributed by atoms with Crippen molar-refractivity contribution in [3.63, 3.8) is 0 Å². The first-order valence-corrected chi connectivity index (χ1v) is 10.7. The summed E-state index contributed by atoms with van der Waals surface area (Å²) >= 11 is 0. The van der Waals surface area contributed by atoms with Crippen LogP contribution in [0.2, 0.25) is 0 Å². The number of halogens is 4. The third-order valence-electron chi connectivity index (χ3n) is 6.92. The highest BCUT2D eigenvalue weighted by atomic mass is 19.4. The van der Waals surface area contributed by atoms with Crippen LogP contribution in [0.5, 0.6) is 0 Å². The fourth-order valence-electron chi connectivity index (χ4n) is 5.24. The van der Waals surface area contributed by atoms with Crippen molar-refractivity contribution in [2.45, 2.75) is 37.3 Å². The van der Waals surface area contributed by atoms with Crippen LogP contribution >= 0.6 is 0 Å². The van der Waals surface area contributed by atoms with E-state index in [0.29, 0.717) is 19.4 Å². The summed E-state index contributed by atoms with van der Waals surface area (Å²) in [5.41, 5.74) is 0.736. The molecule has 7 heteroatoms. The Balaban J connectivity index is 1.53. The van der Waals surface area contributed by atoms with Gasteiger partial charge in [0.2, 0.25) is 5.91 Å². The summed E-state index contributed by atoms with van der Waals surface area (Å²) in [5, 5.41) is 3.37. The molecule has 1 spiro atoms. The Morgan fingerprint density at radius 1 is 1.03 bits per heavy atom. The van der Waals surface area contributed by atoms with Gasteiger partial charge >= 0.3 is 6.18 Å². The van der Waals surface area contributed by atoms with Crippen LogP contribution in [-0.4, -0.2) is 43.2 Å². The number of rotatable bonds is 3. The zero-order valence-corrected chi connectivity index (χ0v) is 17.2. The largest absolute Gasteiger partial charge is 0.404 e. The van der Waals surface area contributed by atoms with Gasteiger partial charge in [0, 0.05) is 25.6 Å². The number of benzene rings is 2. The third-order valence-corrected chi connectivity index (χ3v) is 6.92. The number of carbonyl (C=O) groups excluding carboxylic acids is 1. The van der Waals surface area contributed by atoms with Crippen molar-refractivity contribution in [1.29, 1.82) is 0 Å². The second-order valence-corrected chi connectivity index (χ2v) is 8.63. The highest BCUT2D eigenvalue weighted by molar-refractivity contribution is 5.84. The van der Waals surface area contributed by atoms with E-state index in [1.54, 1.807) is 18.2 Å². The molecule has 0 radical (unpaired) electrons. The fraction of sp³-hybridized carbons (Fsp3) is 0.458. The first-order valence-electron chi connectivity index (χ1n) is 10.7. The number of hydrogen-bond donors (Lipinski definition) is 1. The lowest BCUT2D eigenvalue weighted by Gasteiger charge is -2.50. The number of hydrogen-bond acceptors (Lipinski definition) is 2. The van der Waals surface area contributed by atoms with Crippen molar-refractivity contribution in [1.82, 2.24) is 10.2 Å². The van der Waals surface area contributed by atoms with Gasteiger partial charge in [-0.2, -0.15) is 13.2 Å². The molecule has 2 aliphatic heterocycles. The quantitative estimate of drug-likeness (QED) is 0.700. The van der Waals surface area contributed by atoms with E-state index in [2.05, 4.69) is 5.32 Å². The van der Waals surface area contributed by atoms with Gasteiger partial charge in [0.1, 0.15) is 5.82 Å². The Kier molecular flexibility index (Phi) is 6.06. The highest BCUT2D eigenvalue weighted by Crippen LogP contribution is 2.49. The van der Waals surface area contributed by atoms with Crippen LogP contribution in [0.25, 0.3) is 0 Å². The summed E-state index contributed by atoms with van der Waals surface area (Å²) in [6.45, 7) is 2.08. The number of likely N-dealkylation sites (tertiary alicyclic amines) is 1. The number of amides is 1. The molecule has 4 rings (SSSR count). The molecule has 0 bridgehead atoms. The molecule has 0 aliphatic carbocycles. The molecule has 0 aromatic heterocycles. The molecular weight excluding hydrogens is 408 g/mol. The van der Waals surface area contributed by atoms with Gasteiger partial charge in [-0.1, -0.05) is 42.5 Å². The van der Waals surface area contributed by atoms with E-state index >= 15 is 0 Å². The molecule has 2 atom stereocenters. The maximum absolute atomic E-state index is 13.8. The van der Waals surface area contributed by atoms with Crippen LogP contribution in [-0.2, 0) is 4.79 Å². The zero-order chi connectivity index (χ0) is 22.1. The van der Waals surface area contributed by atoms with Gasteiger partial charge in [-0.05, 0) is 54.5 Å². The normalized spacial score (nSPS) is 22.3. The topological polar surface area (TPSA) is 32.3 Å². The van der Waals surface area contributed by atoms with Gasteiger partial charge in [-0.25, -0.2) is 4.39 Å². The molecule has 2 saturated heterocycles. The molecule has 2 aliphatic rings.